The van der Waals surface area contributed by atoms with Crippen molar-refractivity contribution in [1.29, 1.82) is 0 Å². The third kappa shape index (κ3) is 3.57. The second-order valence-electron chi connectivity index (χ2n) is 3.73. The molecule has 0 saturated heterocycles. The van der Waals surface area contributed by atoms with Gasteiger partial charge in [-0.2, -0.15) is 0 Å². The van der Waals surface area contributed by atoms with Crippen molar-refractivity contribution in [2.45, 2.75) is 0 Å². The predicted octanol–water partition coefficient (Wildman–Crippen LogP) is 3.10. The third-order valence-electron chi connectivity index (χ3n) is 2.41. The quantitative estimate of drug-likeness (QED) is 0.501. The number of benzene rings is 2. The first-order valence-electron chi connectivity index (χ1n) is 5.54. The summed E-state index contributed by atoms with van der Waals surface area (Å²) in [5.41, 5.74) is 1.56. The van der Waals surface area contributed by atoms with E-state index in [9.17, 15) is 0 Å². The van der Waals surface area contributed by atoms with Crippen molar-refractivity contribution >= 4 is 12.4 Å². The van der Waals surface area contributed by atoms with Gasteiger partial charge in [-0.15, -0.1) is 0 Å². The molecule has 2 rings (SSSR count). The summed E-state index contributed by atoms with van der Waals surface area (Å²) in [5.74, 6) is 1.36. The fourth-order valence-corrected chi connectivity index (χ4v) is 1.51. The van der Waals surface area contributed by atoms with Crippen LogP contribution in [0.1, 0.15) is 11.1 Å². The molecule has 0 bridgehead atoms. The van der Waals surface area contributed by atoms with Crippen LogP contribution in [0.4, 0.5) is 0 Å². The van der Waals surface area contributed by atoms with E-state index < -0.39 is 0 Å². The van der Waals surface area contributed by atoms with Crippen molar-refractivity contribution in [1.82, 2.24) is 0 Å². The number of rotatable bonds is 4. The molecular formula is C14H12N2O3. The molecule has 5 nitrogen and oxygen atoms in total. The van der Waals surface area contributed by atoms with Crippen LogP contribution in [0.3, 0.4) is 0 Å². The van der Waals surface area contributed by atoms with E-state index in [0.717, 1.165) is 11.1 Å². The topological polar surface area (TPSA) is 74.4 Å². The molecule has 0 unspecified atom stereocenters. The Labute approximate surface area is 110 Å². The Bertz CT molecular complexity index is 521. The summed E-state index contributed by atoms with van der Waals surface area (Å²) in [6.45, 7) is 0. The molecule has 0 aliphatic rings. The van der Waals surface area contributed by atoms with Gasteiger partial charge in [0, 0.05) is 0 Å². The van der Waals surface area contributed by atoms with Crippen LogP contribution >= 0.6 is 0 Å². The molecule has 0 aromatic heterocycles. The highest BCUT2D eigenvalue weighted by Crippen LogP contribution is 2.21. The van der Waals surface area contributed by atoms with E-state index in [0.29, 0.717) is 11.5 Å². The summed E-state index contributed by atoms with van der Waals surface area (Å²) >= 11 is 0. The van der Waals surface area contributed by atoms with Crippen LogP contribution in [-0.2, 0) is 0 Å². The van der Waals surface area contributed by atoms with Crippen LogP contribution in [0.2, 0.25) is 0 Å². The molecule has 0 aliphatic carbocycles. The molecule has 0 saturated carbocycles. The molecule has 2 N–H and O–H groups in total. The first-order chi connectivity index (χ1) is 9.31. The van der Waals surface area contributed by atoms with Gasteiger partial charge < -0.3 is 15.2 Å². The van der Waals surface area contributed by atoms with E-state index in [1.165, 1.54) is 12.4 Å². The van der Waals surface area contributed by atoms with E-state index in [1.54, 1.807) is 48.5 Å². The lowest BCUT2D eigenvalue weighted by atomic mass is 10.2. The average Bonchev–Trinajstić information content (AvgIpc) is 2.44. The molecule has 0 atom stereocenters. The highest BCUT2D eigenvalue weighted by Gasteiger charge is 1.97. The normalized spacial score (nSPS) is 11.2. The lowest BCUT2D eigenvalue weighted by Crippen LogP contribution is -1.87. The first kappa shape index (κ1) is 12.6. The van der Waals surface area contributed by atoms with Gasteiger partial charge in [0.2, 0.25) is 0 Å². The van der Waals surface area contributed by atoms with Crippen LogP contribution in [0.5, 0.6) is 11.5 Å². The number of nitrogens with zero attached hydrogens (tertiary/aromatic N) is 2. The zero-order valence-electron chi connectivity index (χ0n) is 9.97. The molecule has 19 heavy (non-hydrogen) atoms. The van der Waals surface area contributed by atoms with Crippen molar-refractivity contribution in [2.75, 3.05) is 0 Å². The van der Waals surface area contributed by atoms with Crippen molar-refractivity contribution in [3.05, 3.63) is 59.7 Å². The number of ether oxygens (including phenoxy) is 1. The molecule has 2 aromatic rings. The van der Waals surface area contributed by atoms with Crippen LogP contribution in [0, 0.1) is 0 Å². The fraction of sp³-hybridized carbons (Fsp3) is 0. The van der Waals surface area contributed by atoms with Crippen LogP contribution in [-0.4, -0.2) is 22.8 Å². The Morgan fingerprint density at radius 1 is 0.684 bits per heavy atom. The van der Waals surface area contributed by atoms with Crippen LogP contribution in [0.15, 0.2) is 58.8 Å². The highest BCUT2D eigenvalue weighted by molar-refractivity contribution is 5.79. The summed E-state index contributed by atoms with van der Waals surface area (Å²) in [7, 11) is 0. The molecule has 0 fully saturated rings. The van der Waals surface area contributed by atoms with Gasteiger partial charge in [0.15, 0.2) is 0 Å². The standard InChI is InChI=1S/C14H12N2O3/c17-15-9-11-1-5-13(6-2-11)19-14-7-3-12(4-8-14)10-16-18/h1-10,17-18H/b15-9+,16-10+. The van der Waals surface area contributed by atoms with E-state index >= 15 is 0 Å². The van der Waals surface area contributed by atoms with Gasteiger partial charge in [-0.25, -0.2) is 0 Å². The molecule has 0 spiro atoms. The van der Waals surface area contributed by atoms with Crippen molar-refractivity contribution in [2.24, 2.45) is 10.3 Å². The number of hydrogen-bond acceptors (Lipinski definition) is 5. The Morgan fingerprint density at radius 2 is 1.05 bits per heavy atom. The van der Waals surface area contributed by atoms with E-state index in [-0.39, 0.29) is 0 Å². The molecule has 0 amide bonds. The summed E-state index contributed by atoms with van der Waals surface area (Å²) in [4.78, 5) is 0. The number of oxime groups is 2. The molecule has 5 heteroatoms. The lowest BCUT2D eigenvalue weighted by molar-refractivity contribution is 0.321. The molecular weight excluding hydrogens is 244 g/mol. The van der Waals surface area contributed by atoms with E-state index in [1.807, 2.05) is 0 Å². The van der Waals surface area contributed by atoms with Gasteiger partial charge in [-0.3, -0.25) is 0 Å². The minimum Gasteiger partial charge on any atom is -0.457 e. The minimum atomic E-state index is 0.679. The van der Waals surface area contributed by atoms with Gasteiger partial charge in [0.05, 0.1) is 12.4 Å². The van der Waals surface area contributed by atoms with E-state index in [2.05, 4.69) is 10.3 Å². The van der Waals surface area contributed by atoms with Gasteiger partial charge in [0.1, 0.15) is 11.5 Å². The summed E-state index contributed by atoms with van der Waals surface area (Å²) in [5, 5.41) is 22.7. The van der Waals surface area contributed by atoms with E-state index in [4.69, 9.17) is 15.2 Å². The van der Waals surface area contributed by atoms with Crippen molar-refractivity contribution in [3.8, 4) is 11.5 Å². The fourth-order valence-electron chi connectivity index (χ4n) is 1.51. The van der Waals surface area contributed by atoms with Gasteiger partial charge >= 0.3 is 0 Å². The maximum absolute atomic E-state index is 8.40. The molecule has 0 aliphatic heterocycles. The monoisotopic (exact) mass is 256 g/mol. The Hall–Kier alpha value is -2.82. The Balaban J connectivity index is 2.07. The summed E-state index contributed by atoms with van der Waals surface area (Å²) in [6.07, 6.45) is 2.68. The maximum atomic E-state index is 8.40. The highest BCUT2D eigenvalue weighted by atomic mass is 16.5. The second-order valence-corrected chi connectivity index (χ2v) is 3.73. The van der Waals surface area contributed by atoms with Gasteiger partial charge in [-0.05, 0) is 59.7 Å². The zero-order chi connectivity index (χ0) is 13.5. The predicted molar refractivity (Wildman–Crippen MR) is 71.7 cm³/mol. The first-order valence-corrected chi connectivity index (χ1v) is 5.54. The Kier molecular flexibility index (Phi) is 4.12. The molecule has 0 radical (unpaired) electrons. The van der Waals surface area contributed by atoms with Crippen LogP contribution in [0.25, 0.3) is 0 Å². The van der Waals surface area contributed by atoms with Crippen LogP contribution < -0.4 is 4.74 Å². The minimum absolute atomic E-state index is 0.679. The Morgan fingerprint density at radius 3 is 1.37 bits per heavy atom. The maximum Gasteiger partial charge on any atom is 0.127 e. The molecule has 2 aromatic carbocycles. The van der Waals surface area contributed by atoms with Crippen molar-refractivity contribution < 1.29 is 15.2 Å². The zero-order valence-corrected chi connectivity index (χ0v) is 9.97. The van der Waals surface area contributed by atoms with Crippen molar-refractivity contribution in [3.63, 3.8) is 0 Å². The lowest BCUT2D eigenvalue weighted by Gasteiger charge is -2.05. The third-order valence-corrected chi connectivity index (χ3v) is 2.41. The smallest absolute Gasteiger partial charge is 0.127 e. The SMILES string of the molecule is O/N=C/c1ccc(Oc2ccc(/C=N/O)cc2)cc1. The average molecular weight is 256 g/mol. The summed E-state index contributed by atoms with van der Waals surface area (Å²) < 4.78 is 5.63. The summed E-state index contributed by atoms with van der Waals surface area (Å²) in [6, 6.07) is 14.2. The second kappa shape index (κ2) is 6.20. The number of hydrogen-bond donors (Lipinski definition) is 2. The molecule has 0 heterocycles. The van der Waals surface area contributed by atoms with Gasteiger partial charge in [-0.1, -0.05) is 10.3 Å². The van der Waals surface area contributed by atoms with Gasteiger partial charge in [0.25, 0.3) is 0 Å². The largest absolute Gasteiger partial charge is 0.457 e. The molecule has 96 valence electrons.